The first-order valence-electron chi connectivity index (χ1n) is 5.26. The first-order chi connectivity index (χ1) is 9.42. The molecule has 1 aromatic heterocycles. The maximum Gasteiger partial charge on any atom is 0.264 e. The number of benzene rings is 1. The third kappa shape index (κ3) is 3.20. The highest BCUT2D eigenvalue weighted by molar-refractivity contribution is 7.92. The minimum absolute atomic E-state index is 0.0366. The monoisotopic (exact) mass is 327 g/mol. The first-order valence-corrected chi connectivity index (χ1v) is 7.50. The molecule has 0 unspecified atom stereocenters. The lowest BCUT2D eigenvalue weighted by atomic mass is 10.2. The Morgan fingerprint density at radius 1 is 1.20 bits per heavy atom. The Labute approximate surface area is 125 Å². The number of sulfonamides is 1. The van der Waals surface area contributed by atoms with Gasteiger partial charge in [-0.25, -0.2) is 13.4 Å². The van der Waals surface area contributed by atoms with Crippen molar-refractivity contribution in [2.24, 2.45) is 0 Å². The van der Waals surface area contributed by atoms with Crippen molar-refractivity contribution in [3.8, 4) is 6.07 Å². The molecule has 0 aliphatic rings. The van der Waals surface area contributed by atoms with Gasteiger partial charge in [-0.2, -0.15) is 5.26 Å². The van der Waals surface area contributed by atoms with Gasteiger partial charge in [0.25, 0.3) is 10.0 Å². The van der Waals surface area contributed by atoms with Gasteiger partial charge in [-0.15, -0.1) is 0 Å². The number of hydrogen-bond donors (Lipinski definition) is 1. The van der Waals surface area contributed by atoms with Gasteiger partial charge >= 0.3 is 0 Å². The van der Waals surface area contributed by atoms with Crippen LogP contribution in [0.1, 0.15) is 5.56 Å². The fourth-order valence-electron chi connectivity index (χ4n) is 1.42. The minimum Gasteiger partial charge on any atom is -0.263 e. The molecule has 8 heteroatoms. The summed E-state index contributed by atoms with van der Waals surface area (Å²) >= 11 is 11.5. The molecule has 0 atom stereocenters. The SMILES string of the molecule is N#Cc1ccc(S(=O)(=O)Nc2ccc(Cl)cn2)c(Cl)c1. The van der Waals surface area contributed by atoms with Crippen LogP contribution in [0.3, 0.4) is 0 Å². The summed E-state index contributed by atoms with van der Waals surface area (Å²) < 4.78 is 26.6. The Morgan fingerprint density at radius 3 is 2.50 bits per heavy atom. The van der Waals surface area contributed by atoms with E-state index in [0.717, 1.165) is 0 Å². The maximum absolute atomic E-state index is 12.2. The molecule has 2 aromatic rings. The van der Waals surface area contributed by atoms with E-state index in [2.05, 4.69) is 9.71 Å². The lowest BCUT2D eigenvalue weighted by Gasteiger charge is -2.08. The van der Waals surface area contributed by atoms with Crippen LogP contribution in [0.25, 0.3) is 0 Å². The van der Waals surface area contributed by atoms with Crippen LogP contribution < -0.4 is 4.72 Å². The Balaban J connectivity index is 2.36. The van der Waals surface area contributed by atoms with E-state index >= 15 is 0 Å². The number of aromatic nitrogens is 1. The topological polar surface area (TPSA) is 82.8 Å². The summed E-state index contributed by atoms with van der Waals surface area (Å²) in [6.45, 7) is 0. The second kappa shape index (κ2) is 5.67. The molecule has 20 heavy (non-hydrogen) atoms. The third-order valence-corrected chi connectivity index (χ3v) is 4.38. The molecule has 0 amide bonds. The van der Waals surface area contributed by atoms with Gasteiger partial charge in [0.1, 0.15) is 10.7 Å². The molecule has 1 aromatic carbocycles. The van der Waals surface area contributed by atoms with Crippen LogP contribution in [0.2, 0.25) is 10.0 Å². The number of nitrogens with one attached hydrogen (secondary N) is 1. The van der Waals surface area contributed by atoms with Crippen LogP contribution in [0.15, 0.2) is 41.4 Å². The normalized spacial score (nSPS) is 10.8. The van der Waals surface area contributed by atoms with Gasteiger partial charge in [-0.3, -0.25) is 4.72 Å². The van der Waals surface area contributed by atoms with Crippen molar-refractivity contribution in [1.29, 1.82) is 5.26 Å². The molecule has 0 spiro atoms. The maximum atomic E-state index is 12.2. The molecule has 2 rings (SSSR count). The average molecular weight is 328 g/mol. The predicted molar refractivity (Wildman–Crippen MR) is 76.2 cm³/mol. The Hall–Kier alpha value is -1.81. The number of rotatable bonds is 3. The number of nitrogens with zero attached hydrogens (tertiary/aromatic N) is 2. The van der Waals surface area contributed by atoms with Crippen molar-refractivity contribution in [2.75, 3.05) is 4.72 Å². The van der Waals surface area contributed by atoms with Gasteiger partial charge in [0, 0.05) is 6.20 Å². The molecule has 102 valence electrons. The molecule has 1 heterocycles. The molecule has 0 saturated heterocycles. The second-order valence-corrected chi connectivity index (χ2v) is 6.22. The Bertz CT molecular complexity index is 783. The Morgan fingerprint density at radius 2 is 1.95 bits per heavy atom. The van der Waals surface area contributed by atoms with E-state index in [4.69, 9.17) is 28.5 Å². The minimum atomic E-state index is -3.88. The largest absolute Gasteiger partial charge is 0.264 e. The van der Waals surface area contributed by atoms with Crippen LogP contribution >= 0.6 is 23.2 Å². The summed E-state index contributed by atoms with van der Waals surface area (Å²) in [6.07, 6.45) is 1.32. The molecule has 0 aliphatic heterocycles. The fraction of sp³-hybridized carbons (Fsp3) is 0. The van der Waals surface area contributed by atoms with E-state index in [-0.39, 0.29) is 21.3 Å². The smallest absolute Gasteiger partial charge is 0.263 e. The summed E-state index contributed by atoms with van der Waals surface area (Å²) in [5.41, 5.74) is 0.276. The quantitative estimate of drug-likeness (QED) is 0.939. The van der Waals surface area contributed by atoms with Gasteiger partial charge in [0.05, 0.1) is 21.7 Å². The van der Waals surface area contributed by atoms with E-state index in [1.807, 2.05) is 6.07 Å². The highest BCUT2D eigenvalue weighted by Crippen LogP contribution is 2.24. The summed E-state index contributed by atoms with van der Waals surface area (Å²) in [7, 11) is -3.88. The first kappa shape index (κ1) is 14.6. The molecule has 5 nitrogen and oxygen atoms in total. The van der Waals surface area contributed by atoms with E-state index in [1.54, 1.807) is 0 Å². The molecule has 0 bridgehead atoms. The highest BCUT2D eigenvalue weighted by Gasteiger charge is 2.18. The lowest BCUT2D eigenvalue weighted by Crippen LogP contribution is -2.14. The van der Waals surface area contributed by atoms with Crippen molar-refractivity contribution < 1.29 is 8.42 Å². The van der Waals surface area contributed by atoms with Crippen LogP contribution in [-0.2, 0) is 10.0 Å². The lowest BCUT2D eigenvalue weighted by molar-refractivity contribution is 0.601. The van der Waals surface area contributed by atoms with Crippen molar-refractivity contribution in [1.82, 2.24) is 4.98 Å². The van der Waals surface area contributed by atoms with Gasteiger partial charge in [-0.05, 0) is 30.3 Å². The summed E-state index contributed by atoms with van der Waals surface area (Å²) in [4.78, 5) is 3.71. The molecular formula is C12H7Cl2N3O2S. The van der Waals surface area contributed by atoms with E-state index < -0.39 is 10.0 Å². The second-order valence-electron chi connectivity index (χ2n) is 3.72. The zero-order valence-electron chi connectivity index (χ0n) is 9.84. The van der Waals surface area contributed by atoms with Gasteiger partial charge in [-0.1, -0.05) is 23.2 Å². The van der Waals surface area contributed by atoms with Crippen LogP contribution in [0.4, 0.5) is 5.82 Å². The molecule has 0 saturated carbocycles. The van der Waals surface area contributed by atoms with Crippen molar-refractivity contribution in [3.63, 3.8) is 0 Å². The van der Waals surface area contributed by atoms with Gasteiger partial charge in [0.2, 0.25) is 0 Å². The third-order valence-electron chi connectivity index (χ3n) is 2.32. The van der Waals surface area contributed by atoms with Crippen LogP contribution in [-0.4, -0.2) is 13.4 Å². The predicted octanol–water partition coefficient (Wildman–Crippen LogP) is 3.06. The zero-order chi connectivity index (χ0) is 14.8. The van der Waals surface area contributed by atoms with Gasteiger partial charge in [0.15, 0.2) is 0 Å². The van der Waals surface area contributed by atoms with Crippen LogP contribution in [0.5, 0.6) is 0 Å². The van der Waals surface area contributed by atoms with Crippen molar-refractivity contribution >= 4 is 39.0 Å². The van der Waals surface area contributed by atoms with Crippen LogP contribution in [0, 0.1) is 11.3 Å². The van der Waals surface area contributed by atoms with E-state index in [0.29, 0.717) is 5.02 Å². The standard InChI is InChI=1S/C12H7Cl2N3O2S/c13-9-2-4-12(16-7-9)17-20(18,19)11-3-1-8(6-15)5-10(11)14/h1-5,7H,(H,16,17). The summed E-state index contributed by atoms with van der Waals surface area (Å²) in [5, 5.41) is 9.08. The summed E-state index contributed by atoms with van der Waals surface area (Å²) in [5.74, 6) is 0.120. The number of nitriles is 1. The van der Waals surface area contributed by atoms with Crippen molar-refractivity contribution in [3.05, 3.63) is 52.1 Å². The molecule has 0 fully saturated rings. The molecule has 0 radical (unpaired) electrons. The van der Waals surface area contributed by atoms with Crippen molar-refractivity contribution in [2.45, 2.75) is 4.90 Å². The Kier molecular flexibility index (Phi) is 4.14. The fourth-order valence-corrected chi connectivity index (χ4v) is 3.08. The summed E-state index contributed by atoms with van der Waals surface area (Å²) in [6, 6.07) is 8.73. The molecular weight excluding hydrogens is 321 g/mol. The number of pyridine rings is 1. The zero-order valence-corrected chi connectivity index (χ0v) is 12.2. The average Bonchev–Trinajstić information content (AvgIpc) is 2.40. The highest BCUT2D eigenvalue weighted by atomic mass is 35.5. The van der Waals surface area contributed by atoms with E-state index in [9.17, 15) is 8.42 Å². The molecule has 1 N–H and O–H groups in total. The number of hydrogen-bond acceptors (Lipinski definition) is 4. The van der Waals surface area contributed by atoms with E-state index in [1.165, 1.54) is 36.5 Å². The number of halogens is 2. The van der Waals surface area contributed by atoms with Gasteiger partial charge < -0.3 is 0 Å². The number of anilines is 1. The molecule has 0 aliphatic carbocycles.